The fourth-order valence-electron chi connectivity index (χ4n) is 6.70. The number of carbonyl (C=O) groups excluding carboxylic acids is 2. The summed E-state index contributed by atoms with van der Waals surface area (Å²) in [6.45, 7) is 6.37. The van der Waals surface area contributed by atoms with Gasteiger partial charge in [0.2, 0.25) is 5.78 Å². The average molecular weight is 358 g/mol. The molecule has 1 N–H and O–H groups in total. The number of hydrogen-bond acceptors (Lipinski definition) is 4. The highest BCUT2D eigenvalue weighted by Gasteiger charge is 2.60. The molecule has 4 aliphatic rings. The Bertz CT molecular complexity index is 705. The van der Waals surface area contributed by atoms with Gasteiger partial charge >= 0.3 is 5.97 Å². The molecule has 4 aliphatic carbocycles. The number of rotatable bonds is 2. The lowest BCUT2D eigenvalue weighted by Gasteiger charge is -2.56. The van der Waals surface area contributed by atoms with Crippen LogP contribution in [0.4, 0.5) is 0 Å². The van der Waals surface area contributed by atoms with Crippen molar-refractivity contribution in [1.82, 2.24) is 0 Å². The predicted molar refractivity (Wildman–Crippen MR) is 98.4 cm³/mol. The number of esters is 1. The van der Waals surface area contributed by atoms with Crippen molar-refractivity contribution in [3.05, 3.63) is 23.5 Å². The van der Waals surface area contributed by atoms with E-state index in [0.717, 1.165) is 44.1 Å². The molecule has 0 aliphatic heterocycles. The van der Waals surface area contributed by atoms with Crippen LogP contribution in [0.5, 0.6) is 0 Å². The third-order valence-corrected chi connectivity index (χ3v) is 8.16. The third-order valence-electron chi connectivity index (χ3n) is 8.16. The van der Waals surface area contributed by atoms with E-state index in [0.29, 0.717) is 24.2 Å². The van der Waals surface area contributed by atoms with Gasteiger partial charge in [-0.05, 0) is 67.9 Å². The van der Waals surface area contributed by atoms with Crippen molar-refractivity contribution in [3.8, 4) is 0 Å². The Morgan fingerprint density at radius 3 is 2.73 bits per heavy atom. The normalized spacial score (nSPS) is 44.3. The number of fused-ring (bicyclic) bond motifs is 5. The Labute approximate surface area is 155 Å². The highest BCUT2D eigenvalue weighted by Crippen LogP contribution is 2.65. The molecule has 0 amide bonds. The van der Waals surface area contributed by atoms with E-state index in [2.05, 4.69) is 13.8 Å². The van der Waals surface area contributed by atoms with Crippen LogP contribution in [0.15, 0.2) is 23.5 Å². The first-order valence-corrected chi connectivity index (χ1v) is 10.2. The summed E-state index contributed by atoms with van der Waals surface area (Å²) in [4.78, 5) is 23.8. The minimum absolute atomic E-state index is 0.0111. The largest absolute Gasteiger partial charge is 0.504 e. The van der Waals surface area contributed by atoms with Crippen LogP contribution in [0, 0.1) is 28.6 Å². The second kappa shape index (κ2) is 5.97. The number of hydrogen-bond donors (Lipinski definition) is 1. The van der Waals surface area contributed by atoms with Crippen molar-refractivity contribution >= 4 is 11.8 Å². The summed E-state index contributed by atoms with van der Waals surface area (Å²) in [5.41, 5.74) is 0.807. The molecular weight excluding hydrogens is 328 g/mol. The summed E-state index contributed by atoms with van der Waals surface area (Å²) < 4.78 is 5.83. The summed E-state index contributed by atoms with van der Waals surface area (Å²) in [7, 11) is 0. The molecule has 6 atom stereocenters. The van der Waals surface area contributed by atoms with Crippen LogP contribution in [-0.2, 0) is 14.3 Å². The summed E-state index contributed by atoms with van der Waals surface area (Å²) in [5, 5.41) is 10.4. The number of ether oxygens (including phenoxy) is 1. The second-order valence-electron chi connectivity index (χ2n) is 9.18. The topological polar surface area (TPSA) is 63.6 Å². The van der Waals surface area contributed by atoms with Crippen LogP contribution in [0.1, 0.15) is 65.7 Å². The van der Waals surface area contributed by atoms with E-state index in [4.69, 9.17) is 4.74 Å². The molecule has 3 fully saturated rings. The maximum atomic E-state index is 11.9. The molecule has 4 nitrogen and oxygen atoms in total. The predicted octanol–water partition coefficient (Wildman–Crippen LogP) is 4.50. The van der Waals surface area contributed by atoms with Gasteiger partial charge in [0.1, 0.15) is 6.10 Å². The number of ketones is 1. The smallest absolute Gasteiger partial charge is 0.305 e. The van der Waals surface area contributed by atoms with Crippen LogP contribution in [0.3, 0.4) is 0 Å². The summed E-state index contributed by atoms with van der Waals surface area (Å²) >= 11 is 0. The number of aliphatic hydroxyl groups excluding tert-OH is 1. The van der Waals surface area contributed by atoms with Gasteiger partial charge in [-0.2, -0.15) is 0 Å². The Hall–Kier alpha value is -1.58. The lowest BCUT2D eigenvalue weighted by atomic mass is 9.48. The number of carbonyl (C=O) groups is 2. The maximum absolute atomic E-state index is 11.9. The van der Waals surface area contributed by atoms with Crippen LogP contribution >= 0.6 is 0 Å². The third kappa shape index (κ3) is 2.33. The molecule has 0 saturated heterocycles. The molecule has 0 spiro atoms. The van der Waals surface area contributed by atoms with Gasteiger partial charge in [-0.1, -0.05) is 26.8 Å². The van der Waals surface area contributed by atoms with Gasteiger partial charge in [0.15, 0.2) is 5.76 Å². The summed E-state index contributed by atoms with van der Waals surface area (Å²) in [6, 6.07) is 0. The van der Waals surface area contributed by atoms with Crippen LogP contribution < -0.4 is 0 Å². The zero-order valence-electron chi connectivity index (χ0n) is 16.1. The molecular formula is C22H30O4. The van der Waals surface area contributed by atoms with Gasteiger partial charge in [-0.3, -0.25) is 9.59 Å². The first kappa shape index (κ1) is 17.8. The van der Waals surface area contributed by atoms with Gasteiger partial charge in [-0.25, -0.2) is 0 Å². The zero-order valence-corrected chi connectivity index (χ0v) is 16.1. The molecule has 3 saturated carbocycles. The SMILES string of the molecule is CCC(=O)OC1CC[C@H]2[C@@H]3CCC4=C(O)C(=O)C=C[C@]4(C)[C@@H]3CC[C@]12C. The van der Waals surface area contributed by atoms with E-state index >= 15 is 0 Å². The van der Waals surface area contributed by atoms with Gasteiger partial charge in [0, 0.05) is 17.3 Å². The standard InChI is InChI=1S/C22H30O4/c1-4-19(24)26-18-8-7-14-13-5-6-16-20(25)17(23)10-12-21(16,2)15(13)9-11-22(14,18)3/h10,12-15,18,25H,4-9,11H2,1-3H3/t13-,14-,15+,18?,21+,22-/m0/s1. The Balaban J connectivity index is 1.63. The molecule has 4 heteroatoms. The zero-order chi connectivity index (χ0) is 18.7. The molecule has 0 aromatic carbocycles. The fourth-order valence-corrected chi connectivity index (χ4v) is 6.70. The van der Waals surface area contributed by atoms with E-state index < -0.39 is 0 Å². The van der Waals surface area contributed by atoms with Crippen LogP contribution in [0.25, 0.3) is 0 Å². The van der Waals surface area contributed by atoms with Crippen LogP contribution in [-0.4, -0.2) is 23.0 Å². The van der Waals surface area contributed by atoms with E-state index in [1.54, 1.807) is 6.08 Å². The Morgan fingerprint density at radius 1 is 1.23 bits per heavy atom. The minimum Gasteiger partial charge on any atom is -0.504 e. The van der Waals surface area contributed by atoms with Crippen molar-refractivity contribution < 1.29 is 19.4 Å². The molecule has 0 aromatic heterocycles. The highest BCUT2D eigenvalue weighted by atomic mass is 16.5. The quantitative estimate of drug-likeness (QED) is 0.738. The highest BCUT2D eigenvalue weighted by molar-refractivity contribution is 6.04. The van der Waals surface area contributed by atoms with Crippen LogP contribution in [0.2, 0.25) is 0 Å². The van der Waals surface area contributed by atoms with Crippen molar-refractivity contribution in [2.45, 2.75) is 71.8 Å². The van der Waals surface area contributed by atoms with Gasteiger partial charge in [-0.15, -0.1) is 0 Å². The maximum Gasteiger partial charge on any atom is 0.305 e. The second-order valence-corrected chi connectivity index (χ2v) is 9.18. The molecule has 0 radical (unpaired) electrons. The van der Waals surface area contributed by atoms with Crippen molar-refractivity contribution in [3.63, 3.8) is 0 Å². The number of aliphatic hydroxyl groups is 1. The Kier molecular flexibility index (Phi) is 4.09. The van der Waals surface area contributed by atoms with Crippen molar-refractivity contribution in [2.24, 2.45) is 28.6 Å². The van der Waals surface area contributed by atoms with Gasteiger partial charge in [0.05, 0.1) is 0 Å². The minimum atomic E-state index is -0.246. The molecule has 0 heterocycles. The average Bonchev–Trinajstić information content (AvgIpc) is 2.95. The van der Waals surface area contributed by atoms with E-state index in [-0.39, 0.29) is 34.4 Å². The van der Waals surface area contributed by atoms with Gasteiger partial charge < -0.3 is 9.84 Å². The van der Waals surface area contributed by atoms with E-state index in [1.807, 2.05) is 13.0 Å². The lowest BCUT2D eigenvalue weighted by molar-refractivity contribution is -0.158. The Morgan fingerprint density at radius 2 is 2.00 bits per heavy atom. The first-order valence-electron chi connectivity index (χ1n) is 10.2. The fraction of sp³-hybridized carbons (Fsp3) is 0.727. The summed E-state index contributed by atoms with van der Waals surface area (Å²) in [6.07, 6.45) is 10.1. The number of allylic oxidation sites excluding steroid dienone is 3. The lowest BCUT2D eigenvalue weighted by Crippen LogP contribution is -2.51. The van der Waals surface area contributed by atoms with Crippen molar-refractivity contribution in [2.75, 3.05) is 0 Å². The molecule has 26 heavy (non-hydrogen) atoms. The first-order chi connectivity index (χ1) is 12.3. The van der Waals surface area contributed by atoms with Gasteiger partial charge in [0.25, 0.3) is 0 Å². The van der Waals surface area contributed by atoms with Crippen molar-refractivity contribution in [1.29, 1.82) is 0 Å². The summed E-state index contributed by atoms with van der Waals surface area (Å²) in [5.74, 6) is 1.24. The monoisotopic (exact) mass is 358 g/mol. The molecule has 4 rings (SSSR count). The molecule has 1 unspecified atom stereocenters. The van der Waals surface area contributed by atoms with E-state index in [1.165, 1.54) is 0 Å². The molecule has 0 bridgehead atoms. The molecule has 0 aromatic rings. The molecule has 142 valence electrons. The van der Waals surface area contributed by atoms with E-state index in [9.17, 15) is 14.7 Å².